The summed E-state index contributed by atoms with van der Waals surface area (Å²) in [6.45, 7) is 3.91. The molecule has 0 fully saturated rings. The molecule has 1 N–H and O–H groups in total. The third kappa shape index (κ3) is 7.24. The van der Waals surface area contributed by atoms with Crippen molar-refractivity contribution in [2.45, 2.75) is 26.5 Å². The predicted molar refractivity (Wildman–Crippen MR) is 135 cm³/mol. The molecule has 3 aromatic rings. The average Bonchev–Trinajstić information content (AvgIpc) is 2.87. The van der Waals surface area contributed by atoms with Crippen molar-refractivity contribution in [1.29, 1.82) is 0 Å². The molecule has 0 aliphatic carbocycles. The van der Waals surface area contributed by atoms with E-state index in [-0.39, 0.29) is 12.3 Å². The minimum Gasteiger partial charge on any atom is -0.493 e. The van der Waals surface area contributed by atoms with E-state index in [1.165, 1.54) is 12.1 Å². The highest BCUT2D eigenvalue weighted by Gasteiger charge is 2.12. The summed E-state index contributed by atoms with van der Waals surface area (Å²) in [4.78, 5) is 10.4. The first-order valence-electron chi connectivity index (χ1n) is 11.2. The normalized spacial score (nSPS) is 10.6. The van der Waals surface area contributed by atoms with Crippen LogP contribution in [0.1, 0.15) is 23.6 Å². The van der Waals surface area contributed by atoms with Crippen molar-refractivity contribution in [3.63, 3.8) is 0 Å². The van der Waals surface area contributed by atoms with Crippen molar-refractivity contribution in [1.82, 2.24) is 5.32 Å². The Morgan fingerprint density at radius 2 is 1.57 bits per heavy atom. The van der Waals surface area contributed by atoms with Gasteiger partial charge < -0.3 is 24.3 Å². The van der Waals surface area contributed by atoms with Gasteiger partial charge in [-0.3, -0.25) is 10.1 Å². The number of methoxy groups -OCH3 is 2. The van der Waals surface area contributed by atoms with Crippen LogP contribution in [0.2, 0.25) is 5.02 Å². The Bertz CT molecular complexity index is 1140. The number of nitrogens with zero attached hydrogens (tertiary/aromatic N) is 1. The zero-order chi connectivity index (χ0) is 25.2. The van der Waals surface area contributed by atoms with E-state index in [1.807, 2.05) is 31.2 Å². The van der Waals surface area contributed by atoms with Gasteiger partial charge in [0.05, 0.1) is 25.7 Å². The fourth-order valence-corrected chi connectivity index (χ4v) is 3.68. The number of hydrogen-bond donors (Lipinski definition) is 1. The van der Waals surface area contributed by atoms with E-state index in [2.05, 4.69) is 5.32 Å². The number of benzene rings is 3. The first-order chi connectivity index (χ1) is 16.9. The van der Waals surface area contributed by atoms with Gasteiger partial charge in [0.15, 0.2) is 23.0 Å². The van der Waals surface area contributed by atoms with Gasteiger partial charge in [0, 0.05) is 29.8 Å². The Morgan fingerprint density at radius 3 is 2.23 bits per heavy atom. The average molecular weight is 501 g/mol. The van der Waals surface area contributed by atoms with Gasteiger partial charge >= 0.3 is 0 Å². The minimum absolute atomic E-state index is 0.0368. The smallest absolute Gasteiger partial charge is 0.269 e. The van der Waals surface area contributed by atoms with Crippen LogP contribution in [0, 0.1) is 10.1 Å². The second kappa shape index (κ2) is 12.8. The number of nitro groups is 1. The van der Waals surface area contributed by atoms with Crippen LogP contribution in [-0.2, 0) is 19.6 Å². The summed E-state index contributed by atoms with van der Waals surface area (Å²) in [5, 5.41) is 14.8. The molecule has 0 amide bonds. The number of nitro benzene ring substituents is 1. The largest absolute Gasteiger partial charge is 0.493 e. The molecule has 0 heterocycles. The van der Waals surface area contributed by atoms with E-state index in [9.17, 15) is 10.1 Å². The zero-order valence-corrected chi connectivity index (χ0v) is 20.8. The molecule has 3 aromatic carbocycles. The van der Waals surface area contributed by atoms with Gasteiger partial charge in [-0.15, -0.1) is 0 Å². The number of halogens is 1. The first kappa shape index (κ1) is 26.1. The van der Waals surface area contributed by atoms with E-state index >= 15 is 0 Å². The summed E-state index contributed by atoms with van der Waals surface area (Å²) < 4.78 is 22.3. The number of hydrogen-bond acceptors (Lipinski definition) is 7. The number of non-ortho nitro benzene ring substituents is 1. The fraction of sp³-hybridized carbons (Fsp3) is 0.308. The van der Waals surface area contributed by atoms with E-state index < -0.39 is 4.92 Å². The highest BCUT2D eigenvalue weighted by atomic mass is 35.5. The van der Waals surface area contributed by atoms with Crippen LogP contribution in [0.5, 0.6) is 23.0 Å². The molecule has 0 aliphatic heterocycles. The molecule has 186 valence electrons. The Kier molecular flexibility index (Phi) is 9.57. The van der Waals surface area contributed by atoms with Crippen molar-refractivity contribution in [2.24, 2.45) is 0 Å². The molecule has 9 heteroatoms. The van der Waals surface area contributed by atoms with Crippen LogP contribution < -0.4 is 24.3 Å². The molecule has 0 saturated carbocycles. The Morgan fingerprint density at radius 1 is 0.886 bits per heavy atom. The lowest BCUT2D eigenvalue weighted by Crippen LogP contribution is -2.17. The maximum absolute atomic E-state index is 10.8. The van der Waals surface area contributed by atoms with Crippen LogP contribution in [0.4, 0.5) is 5.69 Å². The maximum atomic E-state index is 10.8. The van der Waals surface area contributed by atoms with Crippen molar-refractivity contribution in [3.05, 3.63) is 86.4 Å². The van der Waals surface area contributed by atoms with Crippen LogP contribution in [0.25, 0.3) is 0 Å². The summed E-state index contributed by atoms with van der Waals surface area (Å²) in [7, 11) is 3.24. The Hall–Kier alpha value is -3.49. The van der Waals surface area contributed by atoms with Crippen LogP contribution >= 0.6 is 11.6 Å². The summed E-state index contributed by atoms with van der Waals surface area (Å²) >= 11 is 6.53. The third-order valence-electron chi connectivity index (χ3n) is 5.31. The van der Waals surface area contributed by atoms with Gasteiger partial charge in [-0.05, 0) is 66.9 Å². The fourth-order valence-electron chi connectivity index (χ4n) is 3.46. The summed E-state index contributed by atoms with van der Waals surface area (Å²) in [5.74, 6) is 2.52. The molecule has 0 spiro atoms. The van der Waals surface area contributed by atoms with Gasteiger partial charge in [0.25, 0.3) is 5.69 Å². The third-order valence-corrected chi connectivity index (χ3v) is 5.66. The monoisotopic (exact) mass is 500 g/mol. The van der Waals surface area contributed by atoms with Crippen LogP contribution in [-0.4, -0.2) is 32.3 Å². The van der Waals surface area contributed by atoms with Crippen molar-refractivity contribution in [2.75, 3.05) is 27.4 Å². The number of nitrogens with one attached hydrogen (secondary N) is 1. The quantitative estimate of drug-likeness (QED) is 0.186. The summed E-state index contributed by atoms with van der Waals surface area (Å²) in [5.41, 5.74) is 2.86. The lowest BCUT2D eigenvalue weighted by Gasteiger charge is -2.15. The molecule has 0 unspecified atom stereocenters. The lowest BCUT2D eigenvalue weighted by molar-refractivity contribution is -0.384. The van der Waals surface area contributed by atoms with E-state index in [1.54, 1.807) is 32.4 Å². The van der Waals surface area contributed by atoms with Gasteiger partial charge in [0.1, 0.15) is 6.61 Å². The minimum atomic E-state index is -0.432. The molecular weight excluding hydrogens is 472 g/mol. The molecule has 0 aromatic heterocycles. The first-order valence-corrected chi connectivity index (χ1v) is 11.6. The highest BCUT2D eigenvalue weighted by Crippen LogP contribution is 2.34. The zero-order valence-electron chi connectivity index (χ0n) is 20.0. The highest BCUT2D eigenvalue weighted by molar-refractivity contribution is 6.31. The standard InChI is InChI=1S/C26H29ClN2O6/c1-4-34-25-14-20(16-28-12-11-18-7-10-23(32-2)24(13-18)33-3)22(27)15-26(25)35-17-19-5-8-21(9-6-19)29(30)31/h5-10,13-15,28H,4,11-12,16-17H2,1-3H3. The molecular formula is C26H29ClN2O6. The molecule has 0 saturated heterocycles. The van der Waals surface area contributed by atoms with Crippen molar-refractivity contribution >= 4 is 17.3 Å². The summed E-state index contributed by atoms with van der Waals surface area (Å²) in [6, 6.07) is 15.7. The Balaban J connectivity index is 1.60. The number of rotatable bonds is 13. The molecule has 35 heavy (non-hydrogen) atoms. The maximum Gasteiger partial charge on any atom is 0.269 e. The lowest BCUT2D eigenvalue weighted by atomic mass is 10.1. The SMILES string of the molecule is CCOc1cc(CNCCc2ccc(OC)c(OC)c2)c(Cl)cc1OCc1ccc([N+](=O)[O-])cc1. The molecule has 0 atom stereocenters. The molecule has 8 nitrogen and oxygen atoms in total. The second-order valence-corrected chi connectivity index (χ2v) is 8.06. The second-order valence-electron chi connectivity index (χ2n) is 7.65. The number of ether oxygens (including phenoxy) is 4. The van der Waals surface area contributed by atoms with Gasteiger partial charge in [-0.1, -0.05) is 17.7 Å². The summed E-state index contributed by atoms with van der Waals surface area (Å²) in [6.07, 6.45) is 0.812. The van der Waals surface area contributed by atoms with E-state index in [0.717, 1.165) is 29.7 Å². The Labute approximate surface area is 209 Å². The van der Waals surface area contributed by atoms with Gasteiger partial charge in [0.2, 0.25) is 0 Å². The van der Waals surface area contributed by atoms with Crippen LogP contribution in [0.15, 0.2) is 54.6 Å². The molecule has 0 radical (unpaired) electrons. The van der Waals surface area contributed by atoms with Crippen molar-refractivity contribution in [3.8, 4) is 23.0 Å². The van der Waals surface area contributed by atoms with Gasteiger partial charge in [-0.25, -0.2) is 0 Å². The van der Waals surface area contributed by atoms with Crippen molar-refractivity contribution < 1.29 is 23.9 Å². The predicted octanol–water partition coefficient (Wildman–Crippen LogP) is 5.58. The molecule has 0 aliphatic rings. The van der Waals surface area contributed by atoms with Gasteiger partial charge in [-0.2, -0.15) is 0 Å². The topological polar surface area (TPSA) is 92.1 Å². The molecule has 3 rings (SSSR count). The van der Waals surface area contributed by atoms with E-state index in [0.29, 0.717) is 41.2 Å². The van der Waals surface area contributed by atoms with E-state index in [4.69, 9.17) is 30.5 Å². The van der Waals surface area contributed by atoms with Crippen LogP contribution in [0.3, 0.4) is 0 Å². The molecule has 0 bridgehead atoms.